The summed E-state index contributed by atoms with van der Waals surface area (Å²) in [6, 6.07) is 3.04. The minimum atomic E-state index is -4.63. The van der Waals surface area contributed by atoms with Crippen molar-refractivity contribution in [2.24, 2.45) is 5.92 Å². The van der Waals surface area contributed by atoms with Crippen molar-refractivity contribution in [1.82, 2.24) is 0 Å². The Morgan fingerprint density at radius 1 is 1.32 bits per heavy atom. The molecule has 22 heavy (non-hydrogen) atoms. The van der Waals surface area contributed by atoms with Crippen LogP contribution in [0.4, 0.5) is 9.57 Å². The van der Waals surface area contributed by atoms with Crippen LogP contribution in [0.15, 0.2) is 12.1 Å². The van der Waals surface area contributed by atoms with Gasteiger partial charge in [-0.1, -0.05) is 11.6 Å². The Hall–Kier alpha value is -1.54. The number of benzene rings is 1. The first-order valence-electron chi connectivity index (χ1n) is 6.39. The topological polar surface area (TPSA) is 72.9 Å². The number of halogens is 2. The molecule has 1 aliphatic heterocycles. The molecule has 0 N–H and O–H groups in total. The highest BCUT2D eigenvalue weighted by Gasteiger charge is 2.35. The lowest BCUT2D eigenvalue weighted by Crippen LogP contribution is -2.26. The van der Waals surface area contributed by atoms with Gasteiger partial charge in [-0.05, 0) is 6.07 Å². The summed E-state index contributed by atoms with van der Waals surface area (Å²) in [4.78, 5) is 13.4. The van der Waals surface area contributed by atoms with Crippen molar-refractivity contribution in [2.75, 3.05) is 31.4 Å². The van der Waals surface area contributed by atoms with E-state index in [1.54, 1.807) is 0 Å². The molecule has 1 heterocycles. The lowest BCUT2D eigenvalue weighted by Gasteiger charge is -2.20. The first kappa shape index (κ1) is 16.8. The van der Waals surface area contributed by atoms with Gasteiger partial charge in [-0.25, -0.2) is 0 Å². The number of nitrogens with zero attached hydrogens (tertiary/aromatic N) is 1. The summed E-state index contributed by atoms with van der Waals surface area (Å²) in [7, 11) is -1.75. The van der Waals surface area contributed by atoms with Crippen LogP contribution in [0.1, 0.15) is 6.42 Å². The van der Waals surface area contributed by atoms with Crippen LogP contribution in [-0.2, 0) is 15.0 Å². The molecule has 122 valence electrons. The number of rotatable bonds is 5. The maximum Gasteiger partial charge on any atom is 0.302 e. The largest absolute Gasteiger partial charge is 0.495 e. The summed E-state index contributed by atoms with van der Waals surface area (Å²) in [5.74, 6) is -0.849. The van der Waals surface area contributed by atoms with Crippen LogP contribution in [0.25, 0.3) is 0 Å². The second-order valence-electron chi connectivity index (χ2n) is 4.94. The Morgan fingerprint density at radius 3 is 2.50 bits per heavy atom. The number of amides is 1. The summed E-state index contributed by atoms with van der Waals surface area (Å²) in [6.45, 7) is 0.0843. The van der Waals surface area contributed by atoms with Crippen molar-refractivity contribution in [2.45, 2.75) is 6.42 Å². The van der Waals surface area contributed by atoms with Gasteiger partial charge in [-0.2, -0.15) is 8.42 Å². The second-order valence-corrected chi connectivity index (χ2v) is 6.76. The van der Waals surface area contributed by atoms with E-state index >= 15 is 0 Å². The molecule has 0 bridgehead atoms. The average molecular weight is 352 g/mol. The fourth-order valence-corrected chi connectivity index (χ4v) is 3.48. The number of carbonyl (C=O) groups excluding carboxylic acids is 1. The molecular formula is C13H15ClFNO5S. The van der Waals surface area contributed by atoms with Gasteiger partial charge in [0.1, 0.15) is 11.5 Å². The Labute approximate surface area is 133 Å². The van der Waals surface area contributed by atoms with Crippen molar-refractivity contribution in [3.63, 3.8) is 0 Å². The number of methoxy groups -OCH3 is 2. The van der Waals surface area contributed by atoms with Crippen LogP contribution in [-0.4, -0.2) is 40.8 Å². The second kappa shape index (κ2) is 6.29. The van der Waals surface area contributed by atoms with Gasteiger partial charge in [-0.15, -0.1) is 3.89 Å². The lowest BCUT2D eigenvalue weighted by molar-refractivity contribution is -0.117. The van der Waals surface area contributed by atoms with Crippen molar-refractivity contribution in [3.8, 4) is 11.5 Å². The van der Waals surface area contributed by atoms with E-state index in [4.69, 9.17) is 21.1 Å². The van der Waals surface area contributed by atoms with Gasteiger partial charge >= 0.3 is 10.2 Å². The number of anilines is 1. The molecule has 1 aromatic rings. The number of hydrogen-bond acceptors (Lipinski definition) is 5. The van der Waals surface area contributed by atoms with Crippen LogP contribution < -0.4 is 14.4 Å². The van der Waals surface area contributed by atoms with Crippen molar-refractivity contribution < 1.29 is 26.6 Å². The maximum atomic E-state index is 12.8. The molecule has 0 saturated carbocycles. The molecule has 0 aliphatic carbocycles. The van der Waals surface area contributed by atoms with Crippen molar-refractivity contribution >= 4 is 33.4 Å². The first-order chi connectivity index (χ1) is 10.2. The minimum absolute atomic E-state index is 0.0457. The number of hydrogen-bond donors (Lipinski definition) is 0. The minimum Gasteiger partial charge on any atom is -0.495 e. The molecule has 1 saturated heterocycles. The highest BCUT2D eigenvalue weighted by molar-refractivity contribution is 7.86. The molecule has 1 aromatic carbocycles. The zero-order valence-electron chi connectivity index (χ0n) is 12.0. The fourth-order valence-electron chi connectivity index (χ4n) is 2.46. The molecule has 0 aromatic heterocycles. The molecule has 1 unspecified atom stereocenters. The normalized spacial score (nSPS) is 18.6. The highest BCUT2D eigenvalue weighted by atomic mass is 35.5. The van der Waals surface area contributed by atoms with Crippen molar-refractivity contribution in [1.29, 1.82) is 0 Å². The van der Waals surface area contributed by atoms with E-state index in [1.807, 2.05) is 0 Å². The molecule has 1 aliphatic rings. The molecule has 0 radical (unpaired) electrons. The van der Waals surface area contributed by atoms with Gasteiger partial charge in [0.15, 0.2) is 0 Å². The third-order valence-corrected chi connectivity index (χ3v) is 4.55. The Kier molecular flexibility index (Phi) is 4.81. The van der Waals surface area contributed by atoms with E-state index in [0.29, 0.717) is 17.2 Å². The molecule has 9 heteroatoms. The summed E-state index contributed by atoms with van der Waals surface area (Å²) >= 11 is 6.05. The van der Waals surface area contributed by atoms with E-state index in [-0.39, 0.29) is 23.9 Å². The van der Waals surface area contributed by atoms with Gasteiger partial charge < -0.3 is 14.4 Å². The van der Waals surface area contributed by atoms with Crippen LogP contribution in [0.5, 0.6) is 11.5 Å². The van der Waals surface area contributed by atoms with E-state index < -0.39 is 21.9 Å². The van der Waals surface area contributed by atoms with Gasteiger partial charge in [0.25, 0.3) is 0 Å². The SMILES string of the molecule is COc1cc(OC)c(N2CC(CS(=O)(=O)F)CC2=O)cc1Cl. The van der Waals surface area contributed by atoms with Crippen LogP contribution in [0.3, 0.4) is 0 Å². The summed E-state index contributed by atoms with van der Waals surface area (Å²) in [5, 5.41) is 0.285. The van der Waals surface area contributed by atoms with Gasteiger partial charge in [-0.3, -0.25) is 4.79 Å². The molecule has 6 nitrogen and oxygen atoms in total. The van der Waals surface area contributed by atoms with Crippen molar-refractivity contribution in [3.05, 3.63) is 17.2 Å². The monoisotopic (exact) mass is 351 g/mol. The van der Waals surface area contributed by atoms with Gasteiger partial charge in [0.2, 0.25) is 5.91 Å². The van der Waals surface area contributed by atoms with Crippen LogP contribution >= 0.6 is 11.6 Å². The zero-order valence-corrected chi connectivity index (χ0v) is 13.6. The summed E-state index contributed by atoms with van der Waals surface area (Å²) < 4.78 is 44.6. The van der Waals surface area contributed by atoms with Crippen LogP contribution in [0.2, 0.25) is 5.02 Å². The Morgan fingerprint density at radius 2 is 1.95 bits per heavy atom. The highest BCUT2D eigenvalue weighted by Crippen LogP contribution is 2.40. The van der Waals surface area contributed by atoms with Gasteiger partial charge in [0.05, 0.1) is 30.7 Å². The summed E-state index contributed by atoms with van der Waals surface area (Å²) in [5.41, 5.74) is 0.400. The maximum absolute atomic E-state index is 12.8. The molecule has 0 spiro atoms. The average Bonchev–Trinajstić information content (AvgIpc) is 2.76. The van der Waals surface area contributed by atoms with E-state index in [2.05, 4.69) is 0 Å². The number of ether oxygens (including phenoxy) is 2. The van der Waals surface area contributed by atoms with E-state index in [9.17, 15) is 17.1 Å². The molecule has 2 rings (SSSR count). The third-order valence-electron chi connectivity index (χ3n) is 3.38. The van der Waals surface area contributed by atoms with Gasteiger partial charge in [0, 0.05) is 24.9 Å². The molecule has 1 amide bonds. The molecule has 1 fully saturated rings. The Bertz CT molecular complexity index is 694. The van der Waals surface area contributed by atoms with Crippen LogP contribution in [0, 0.1) is 5.92 Å². The standard InChI is InChI=1S/C13H15ClFNO5S/c1-20-11-5-12(21-2)10(4-9(11)14)16-6-8(3-13(16)17)7-22(15,18)19/h4-5,8H,3,6-7H2,1-2H3. The lowest BCUT2D eigenvalue weighted by atomic mass is 10.1. The molecule has 1 atom stereocenters. The quantitative estimate of drug-likeness (QED) is 0.759. The van der Waals surface area contributed by atoms with E-state index in [0.717, 1.165) is 0 Å². The number of carbonyl (C=O) groups is 1. The smallest absolute Gasteiger partial charge is 0.302 e. The fraction of sp³-hybridized carbons (Fsp3) is 0.462. The first-order valence-corrected chi connectivity index (χ1v) is 8.32. The zero-order chi connectivity index (χ0) is 16.5. The summed E-state index contributed by atoms with van der Waals surface area (Å²) in [6.07, 6.45) is -0.0457. The molecular weight excluding hydrogens is 337 g/mol. The predicted octanol–water partition coefficient (Wildman–Crippen LogP) is 2.01. The van der Waals surface area contributed by atoms with E-state index in [1.165, 1.54) is 31.3 Å². The Balaban J connectivity index is 2.32. The predicted molar refractivity (Wildman–Crippen MR) is 79.9 cm³/mol. The third kappa shape index (κ3) is 3.61.